The molecule has 0 radical (unpaired) electrons. The van der Waals surface area contributed by atoms with Gasteiger partial charge in [-0.1, -0.05) is 81.4 Å². The number of rotatable bonds is 11. The minimum absolute atomic E-state index is 0.0290. The smallest absolute Gasteiger partial charge is 0.458 e. The number of esters is 1. The molecule has 2 unspecified atom stereocenters. The predicted molar refractivity (Wildman–Crippen MR) is 164 cm³/mol. The lowest BCUT2D eigenvalue weighted by Crippen LogP contribution is -2.70. The average Bonchev–Trinajstić information content (AvgIpc) is 3.95. The normalized spacial score (nSPS) is 38.8. The van der Waals surface area contributed by atoms with Crippen molar-refractivity contribution in [1.82, 2.24) is 0 Å². The van der Waals surface area contributed by atoms with E-state index >= 15 is 0 Å². The van der Waals surface area contributed by atoms with Gasteiger partial charge in [-0.25, -0.2) is 9.36 Å². The fraction of sp³-hybridized carbons (Fsp3) is 0.571. The lowest BCUT2D eigenvalue weighted by atomic mass is 9.46. The quantitative estimate of drug-likeness (QED) is 0.144. The lowest BCUT2D eigenvalue weighted by Gasteiger charge is -2.55. The number of fused-ring (bicyclic) bond motifs is 2. The highest BCUT2D eigenvalue weighted by Gasteiger charge is 2.95. The van der Waals surface area contributed by atoms with E-state index < -0.39 is 49.5 Å². The zero-order valence-corrected chi connectivity index (χ0v) is 27.2. The fourth-order valence-corrected chi connectivity index (χ4v) is 10.3. The van der Waals surface area contributed by atoms with Crippen molar-refractivity contribution in [3.05, 3.63) is 82.9 Å². The first kappa shape index (κ1) is 30.9. The molecule has 10 nitrogen and oxygen atoms in total. The molecule has 0 aromatic heterocycles. The SMILES string of the molecule is CC(C)C1[C@@H](O)[C@@H]2O[C@@]23[C@@]2(C)CCC4=C(COC4=O)[C@@H]2CC2O[C@@]23[C@@H]1OCOP(=O)(OCc1ccccc1)OCc1ccccc1. The van der Waals surface area contributed by atoms with Gasteiger partial charge in [0.2, 0.25) is 0 Å². The number of benzene rings is 2. The van der Waals surface area contributed by atoms with Crippen LogP contribution in [0.25, 0.3) is 0 Å². The number of hydrogen-bond donors (Lipinski definition) is 1. The summed E-state index contributed by atoms with van der Waals surface area (Å²) in [5.74, 6) is -0.458. The van der Waals surface area contributed by atoms with Gasteiger partial charge in [0.1, 0.15) is 24.4 Å². The monoisotopic (exact) mass is 652 g/mol. The first-order chi connectivity index (χ1) is 22.1. The molecule has 8 rings (SSSR count). The van der Waals surface area contributed by atoms with Crippen LogP contribution < -0.4 is 0 Å². The van der Waals surface area contributed by atoms with Crippen molar-refractivity contribution in [2.24, 2.45) is 23.2 Å². The lowest BCUT2D eigenvalue weighted by molar-refractivity contribution is -0.176. The summed E-state index contributed by atoms with van der Waals surface area (Å²) in [4.78, 5) is 12.5. The minimum atomic E-state index is -4.09. The predicted octanol–water partition coefficient (Wildman–Crippen LogP) is 5.48. The average molecular weight is 653 g/mol. The maximum atomic E-state index is 14.0. The van der Waals surface area contributed by atoms with Crippen LogP contribution in [0.2, 0.25) is 0 Å². The molecule has 11 heteroatoms. The van der Waals surface area contributed by atoms with Crippen molar-refractivity contribution in [3.8, 4) is 0 Å². The second-order valence-electron chi connectivity index (χ2n) is 14.1. The second kappa shape index (κ2) is 11.1. The molecule has 46 heavy (non-hydrogen) atoms. The van der Waals surface area contributed by atoms with Gasteiger partial charge in [-0.2, -0.15) is 0 Å². The summed E-state index contributed by atoms with van der Waals surface area (Å²) in [5, 5.41) is 11.8. The third kappa shape index (κ3) is 4.49. The Balaban J connectivity index is 1.05. The summed E-state index contributed by atoms with van der Waals surface area (Å²) in [7, 11) is -4.09. The van der Waals surface area contributed by atoms with E-state index in [2.05, 4.69) is 20.8 Å². The van der Waals surface area contributed by atoms with Gasteiger partial charge in [-0.15, -0.1) is 0 Å². The van der Waals surface area contributed by atoms with Gasteiger partial charge in [0, 0.05) is 16.9 Å². The highest BCUT2D eigenvalue weighted by Crippen LogP contribution is 2.79. The number of cyclic esters (lactones) is 1. The van der Waals surface area contributed by atoms with Gasteiger partial charge >= 0.3 is 13.8 Å². The van der Waals surface area contributed by atoms with E-state index in [1.807, 2.05) is 60.7 Å². The highest BCUT2D eigenvalue weighted by molar-refractivity contribution is 7.48. The van der Waals surface area contributed by atoms with E-state index in [1.165, 1.54) is 0 Å². The first-order valence-electron chi connectivity index (χ1n) is 16.3. The van der Waals surface area contributed by atoms with Crippen LogP contribution in [-0.2, 0) is 55.1 Å². The van der Waals surface area contributed by atoms with Crippen LogP contribution in [0.5, 0.6) is 0 Å². The number of phosphoric ester groups is 1. The van der Waals surface area contributed by atoms with E-state index in [9.17, 15) is 14.5 Å². The maximum Gasteiger partial charge on any atom is 0.477 e. The molecule has 2 saturated carbocycles. The minimum Gasteiger partial charge on any atom is -0.458 e. The Labute approximate surface area is 268 Å². The summed E-state index contributed by atoms with van der Waals surface area (Å²) in [5.41, 5.74) is 1.51. The molecule has 3 aliphatic carbocycles. The topological polar surface area (TPSA) is 126 Å². The van der Waals surface area contributed by atoms with Gasteiger partial charge in [0.15, 0.2) is 12.4 Å². The molecule has 0 amide bonds. The fourth-order valence-electron chi connectivity index (χ4n) is 9.32. The summed E-state index contributed by atoms with van der Waals surface area (Å²) in [6.45, 7) is 6.29. The van der Waals surface area contributed by atoms with Crippen LogP contribution in [0.4, 0.5) is 0 Å². The Bertz CT molecular complexity index is 1530. The Kier molecular flexibility index (Phi) is 7.44. The van der Waals surface area contributed by atoms with E-state index in [1.54, 1.807) is 0 Å². The van der Waals surface area contributed by atoms with E-state index in [0.29, 0.717) is 19.4 Å². The maximum absolute atomic E-state index is 14.0. The first-order valence-corrected chi connectivity index (χ1v) is 17.8. The summed E-state index contributed by atoms with van der Waals surface area (Å²) < 4.78 is 56.9. The van der Waals surface area contributed by atoms with Crippen molar-refractivity contribution in [3.63, 3.8) is 0 Å². The molecule has 2 spiro atoms. The number of ether oxygens (including phenoxy) is 4. The van der Waals surface area contributed by atoms with Crippen molar-refractivity contribution in [2.75, 3.05) is 13.4 Å². The molecule has 246 valence electrons. The number of carbonyl (C=O) groups is 1. The van der Waals surface area contributed by atoms with Crippen molar-refractivity contribution >= 4 is 13.8 Å². The number of hydrogen-bond acceptors (Lipinski definition) is 10. The highest BCUT2D eigenvalue weighted by atomic mass is 31.2. The van der Waals surface area contributed by atoms with E-state index in [-0.39, 0.29) is 43.0 Å². The van der Waals surface area contributed by atoms with Gasteiger partial charge in [-0.3, -0.25) is 13.6 Å². The largest absolute Gasteiger partial charge is 0.477 e. The Hall–Kier alpha value is -2.40. The van der Waals surface area contributed by atoms with Gasteiger partial charge < -0.3 is 24.1 Å². The zero-order chi connectivity index (χ0) is 31.9. The standard InChI is InChI=1S/C35H41O10P/c1-21(2)28-29(36)31-35(45-31)33(3)15-14-24-25(19-39-32(24)37)26(33)16-27-34(35,44-27)30(28)40-20-43-46(38,41-17-22-10-6-4-7-11-22)42-18-23-12-8-5-9-13-23/h4-13,21,26-31,36H,14-20H2,1-3H3/t26-,27?,28?,29+,30+,31-,33-,34+,35+/m0/s1. The number of carbonyl (C=O) groups excluding carboxylic acids is 1. The molecule has 2 aromatic rings. The van der Waals surface area contributed by atoms with Crippen LogP contribution in [0.1, 0.15) is 51.2 Å². The molecule has 0 bridgehead atoms. The van der Waals surface area contributed by atoms with E-state index in [0.717, 1.165) is 28.7 Å². The van der Waals surface area contributed by atoms with Gasteiger partial charge in [-0.05, 0) is 47.8 Å². The molecule has 3 heterocycles. The third-order valence-electron chi connectivity index (χ3n) is 11.5. The summed E-state index contributed by atoms with van der Waals surface area (Å²) in [6.07, 6.45) is 0.0441. The van der Waals surface area contributed by atoms with Crippen LogP contribution in [0, 0.1) is 23.2 Å². The van der Waals surface area contributed by atoms with Crippen LogP contribution in [0.3, 0.4) is 0 Å². The van der Waals surface area contributed by atoms with Crippen molar-refractivity contribution in [1.29, 1.82) is 0 Å². The molecule has 1 N–H and O–H groups in total. The van der Waals surface area contributed by atoms with Gasteiger partial charge in [0.25, 0.3) is 0 Å². The zero-order valence-electron chi connectivity index (χ0n) is 26.3. The molecule has 2 aromatic carbocycles. The molecule has 9 atom stereocenters. The molecule has 2 saturated heterocycles. The number of phosphoric acid groups is 1. The Morgan fingerprint density at radius 2 is 1.63 bits per heavy atom. The number of aliphatic hydroxyl groups is 1. The summed E-state index contributed by atoms with van der Waals surface area (Å²) in [6, 6.07) is 18.8. The molecule has 3 aliphatic heterocycles. The van der Waals surface area contributed by atoms with Crippen LogP contribution in [-0.4, -0.2) is 60.1 Å². The van der Waals surface area contributed by atoms with Crippen molar-refractivity contribution < 1.29 is 47.0 Å². The molecular weight excluding hydrogens is 611 g/mol. The molecule has 4 fully saturated rings. The molecule has 6 aliphatic rings. The number of aliphatic hydroxyl groups excluding tert-OH is 1. The van der Waals surface area contributed by atoms with Gasteiger partial charge in [0.05, 0.1) is 25.4 Å². The van der Waals surface area contributed by atoms with Crippen molar-refractivity contribution in [2.45, 2.75) is 88.9 Å². The van der Waals surface area contributed by atoms with E-state index in [4.69, 9.17) is 32.5 Å². The summed E-state index contributed by atoms with van der Waals surface area (Å²) >= 11 is 0. The van der Waals surface area contributed by atoms with Crippen LogP contribution in [0.15, 0.2) is 71.8 Å². The Morgan fingerprint density at radius 3 is 2.26 bits per heavy atom. The number of epoxide rings is 2. The molecular formula is C35H41O10P. The third-order valence-corrected chi connectivity index (χ3v) is 12.9. The van der Waals surface area contributed by atoms with Crippen LogP contribution >= 0.6 is 7.82 Å². The Morgan fingerprint density at radius 1 is 0.978 bits per heavy atom. The second-order valence-corrected chi connectivity index (χ2v) is 15.7.